The molecule has 0 radical (unpaired) electrons. The van der Waals surface area contributed by atoms with Crippen LogP contribution in [0.1, 0.15) is 24.0 Å². The molecule has 1 unspecified atom stereocenters. The van der Waals surface area contributed by atoms with E-state index in [-0.39, 0.29) is 18.5 Å². The zero-order valence-electron chi connectivity index (χ0n) is 19.1. The Hall–Kier alpha value is -3.55. The fraction of sp³-hybridized carbons (Fsp3) is 0.333. The molecule has 1 saturated heterocycles. The van der Waals surface area contributed by atoms with Gasteiger partial charge in [-0.2, -0.15) is 0 Å². The number of aliphatic carboxylic acids is 1. The lowest BCUT2D eigenvalue weighted by Crippen LogP contribution is -2.54. The molecule has 2 aliphatic rings. The van der Waals surface area contributed by atoms with Crippen LogP contribution in [0.15, 0.2) is 45.6 Å². The molecule has 5 rings (SSSR count). The number of carbonyl (C=O) groups is 3. The van der Waals surface area contributed by atoms with Crippen molar-refractivity contribution in [2.75, 3.05) is 18.4 Å². The number of aromatic nitrogens is 1. The maximum Gasteiger partial charge on any atom is 0.417 e. The molecule has 1 atom stereocenters. The van der Waals surface area contributed by atoms with Crippen molar-refractivity contribution in [1.29, 1.82) is 0 Å². The number of carbonyl (C=O) groups excluding carboxylic acids is 2. The number of amides is 4. The lowest BCUT2D eigenvalue weighted by molar-refractivity contribution is -0.139. The molecule has 36 heavy (non-hydrogen) atoms. The number of carboxylic acids is 1. The second kappa shape index (κ2) is 9.84. The lowest BCUT2D eigenvalue weighted by Gasteiger charge is -2.40. The second-order valence-corrected chi connectivity index (χ2v) is 10.1. The van der Waals surface area contributed by atoms with Gasteiger partial charge in [-0.25, -0.2) is 19.2 Å². The highest BCUT2D eigenvalue weighted by molar-refractivity contribution is 14.1. The molecule has 11 nitrogen and oxygen atoms in total. The van der Waals surface area contributed by atoms with E-state index in [4.69, 9.17) is 4.42 Å². The number of nitrogens with zero attached hydrogens (tertiary/aromatic N) is 2. The number of likely N-dealkylation sites (tertiary alicyclic amines) is 1. The van der Waals surface area contributed by atoms with Gasteiger partial charge >= 0.3 is 23.8 Å². The van der Waals surface area contributed by atoms with Crippen LogP contribution in [0.5, 0.6) is 0 Å². The number of anilines is 1. The van der Waals surface area contributed by atoms with Gasteiger partial charge in [-0.1, -0.05) is 18.2 Å². The average molecular weight is 605 g/mol. The predicted octanol–water partition coefficient (Wildman–Crippen LogP) is 2.94. The topological polar surface area (TPSA) is 148 Å². The number of benzene rings is 2. The number of oxazole rings is 1. The first-order chi connectivity index (χ1) is 17.3. The third-order valence-electron chi connectivity index (χ3n) is 6.63. The van der Waals surface area contributed by atoms with E-state index in [1.807, 2.05) is 46.9 Å². The quantitative estimate of drug-likeness (QED) is 0.329. The fourth-order valence-electron chi connectivity index (χ4n) is 4.76. The lowest BCUT2D eigenvalue weighted by atomic mass is 10.0. The molecule has 1 aromatic heterocycles. The van der Waals surface area contributed by atoms with Gasteiger partial charge in [0.1, 0.15) is 11.6 Å². The summed E-state index contributed by atoms with van der Waals surface area (Å²) < 4.78 is 5.82. The van der Waals surface area contributed by atoms with Crippen molar-refractivity contribution in [3.63, 3.8) is 0 Å². The number of rotatable bonds is 5. The van der Waals surface area contributed by atoms with Crippen LogP contribution in [0.4, 0.5) is 15.3 Å². The number of hydrogen-bond donors (Lipinski definition) is 4. The van der Waals surface area contributed by atoms with Crippen molar-refractivity contribution >= 4 is 57.4 Å². The van der Waals surface area contributed by atoms with Crippen LogP contribution in [-0.2, 0) is 17.8 Å². The van der Waals surface area contributed by atoms with Gasteiger partial charge in [0.05, 0.1) is 0 Å². The number of carboxylic acid groups (broad SMARTS) is 1. The monoisotopic (exact) mass is 605 g/mol. The number of halogens is 1. The summed E-state index contributed by atoms with van der Waals surface area (Å²) in [7, 11) is 0. The normalized spacial score (nSPS) is 17.0. The summed E-state index contributed by atoms with van der Waals surface area (Å²) in [4.78, 5) is 54.9. The summed E-state index contributed by atoms with van der Waals surface area (Å²) in [5, 5.41) is 15.3. The van der Waals surface area contributed by atoms with Crippen LogP contribution in [-0.4, -0.2) is 63.1 Å². The van der Waals surface area contributed by atoms with Gasteiger partial charge in [0.25, 0.3) is 0 Å². The Morgan fingerprint density at radius 2 is 1.94 bits per heavy atom. The standard InChI is InChI=1S/C24H24IN5O6/c25-16-9-13(11-19-20(16)28-24(35)36-19)10-18(21(31)32)27-22(33)29-7-5-15(6-8-29)30-12-14-3-1-2-4-17(14)26-23(30)34/h1-4,9,11,15,18H,5-8,10,12H2,(H,26,34)(H,27,33)(H,28,35)(H,31,32). The minimum absolute atomic E-state index is 0.0116. The third kappa shape index (κ3) is 4.90. The number of piperidine rings is 1. The molecule has 4 amide bonds. The maximum atomic E-state index is 12.9. The first-order valence-electron chi connectivity index (χ1n) is 11.5. The molecule has 0 bridgehead atoms. The zero-order valence-corrected chi connectivity index (χ0v) is 21.3. The van der Waals surface area contributed by atoms with Crippen LogP contribution < -0.4 is 16.4 Å². The van der Waals surface area contributed by atoms with E-state index in [0.717, 1.165) is 11.3 Å². The minimum atomic E-state index is -1.16. The Bertz CT molecular complexity index is 1390. The molecule has 2 aliphatic heterocycles. The van der Waals surface area contributed by atoms with E-state index in [9.17, 15) is 24.3 Å². The molecule has 3 aromatic rings. The van der Waals surface area contributed by atoms with Crippen molar-refractivity contribution in [1.82, 2.24) is 20.1 Å². The molecular weight excluding hydrogens is 581 g/mol. The number of urea groups is 2. The molecule has 0 saturated carbocycles. The van der Waals surface area contributed by atoms with Crippen molar-refractivity contribution in [3.05, 3.63) is 61.6 Å². The minimum Gasteiger partial charge on any atom is -0.480 e. The van der Waals surface area contributed by atoms with E-state index < -0.39 is 23.8 Å². The third-order valence-corrected chi connectivity index (χ3v) is 7.48. The molecule has 0 spiro atoms. The molecule has 2 aromatic carbocycles. The van der Waals surface area contributed by atoms with E-state index in [1.165, 1.54) is 0 Å². The molecule has 0 aliphatic carbocycles. The molecule has 3 heterocycles. The van der Waals surface area contributed by atoms with Crippen molar-refractivity contribution in [2.45, 2.75) is 37.9 Å². The maximum absolute atomic E-state index is 12.9. The summed E-state index contributed by atoms with van der Waals surface area (Å²) >= 11 is 2.04. The number of H-pyrrole nitrogens is 1. The summed E-state index contributed by atoms with van der Waals surface area (Å²) in [6, 6.07) is 9.27. The Morgan fingerprint density at radius 3 is 2.69 bits per heavy atom. The summed E-state index contributed by atoms with van der Waals surface area (Å²) in [6.45, 7) is 1.34. The van der Waals surface area contributed by atoms with Crippen molar-refractivity contribution < 1.29 is 23.9 Å². The summed E-state index contributed by atoms with van der Waals surface area (Å²) in [6.07, 6.45) is 1.23. The van der Waals surface area contributed by atoms with Gasteiger partial charge < -0.3 is 30.0 Å². The van der Waals surface area contributed by atoms with Crippen molar-refractivity contribution in [3.8, 4) is 0 Å². The number of aromatic amines is 1. The Labute approximate surface area is 219 Å². The second-order valence-electron chi connectivity index (χ2n) is 8.94. The van der Waals surface area contributed by atoms with E-state index in [0.29, 0.717) is 52.7 Å². The van der Waals surface area contributed by atoms with Crippen LogP contribution >= 0.6 is 22.6 Å². The van der Waals surface area contributed by atoms with Crippen molar-refractivity contribution in [2.24, 2.45) is 0 Å². The SMILES string of the molecule is O=C(O)C(Cc1cc(I)c2[nH]c(=O)oc2c1)NC(=O)N1CCC(N2Cc3ccccc3NC2=O)CC1. The number of para-hydroxylation sites is 1. The Kier molecular flexibility index (Phi) is 6.60. The van der Waals surface area contributed by atoms with Crippen LogP contribution in [0, 0.1) is 3.57 Å². The first kappa shape index (κ1) is 24.2. The molecule has 188 valence electrons. The first-order valence-corrected chi connectivity index (χ1v) is 12.6. The molecule has 4 N–H and O–H groups in total. The zero-order chi connectivity index (χ0) is 25.4. The highest BCUT2D eigenvalue weighted by Crippen LogP contribution is 2.27. The fourth-order valence-corrected chi connectivity index (χ4v) is 5.56. The Balaban J connectivity index is 1.20. The largest absolute Gasteiger partial charge is 0.480 e. The number of hydrogen-bond acceptors (Lipinski definition) is 5. The summed E-state index contributed by atoms with van der Waals surface area (Å²) in [5.41, 5.74) is 3.38. The molecular formula is C24H24IN5O6. The average Bonchev–Trinajstić information content (AvgIpc) is 3.24. The van der Waals surface area contributed by atoms with Gasteiger partial charge in [-0.15, -0.1) is 0 Å². The molecule has 1 fully saturated rings. The van der Waals surface area contributed by atoms with E-state index in [2.05, 4.69) is 15.6 Å². The highest BCUT2D eigenvalue weighted by Gasteiger charge is 2.33. The Morgan fingerprint density at radius 1 is 1.19 bits per heavy atom. The van der Waals surface area contributed by atoms with Gasteiger partial charge in [-0.05, 0) is 64.8 Å². The van der Waals surface area contributed by atoms with Gasteiger partial charge in [0.15, 0.2) is 5.58 Å². The molecule has 12 heteroatoms. The van der Waals surface area contributed by atoms with Gasteiger partial charge in [0, 0.05) is 41.4 Å². The van der Waals surface area contributed by atoms with Gasteiger partial charge in [0.2, 0.25) is 0 Å². The van der Waals surface area contributed by atoms with Crippen LogP contribution in [0.3, 0.4) is 0 Å². The number of fused-ring (bicyclic) bond motifs is 2. The smallest absolute Gasteiger partial charge is 0.417 e. The summed E-state index contributed by atoms with van der Waals surface area (Å²) in [5.74, 6) is -1.75. The van der Waals surface area contributed by atoms with E-state index in [1.54, 1.807) is 21.9 Å². The van der Waals surface area contributed by atoms with Crippen LogP contribution in [0.25, 0.3) is 11.1 Å². The predicted molar refractivity (Wildman–Crippen MR) is 139 cm³/mol. The van der Waals surface area contributed by atoms with Gasteiger partial charge in [-0.3, -0.25) is 4.98 Å². The highest BCUT2D eigenvalue weighted by atomic mass is 127. The van der Waals surface area contributed by atoms with E-state index >= 15 is 0 Å². The number of nitrogens with one attached hydrogen (secondary N) is 3. The van der Waals surface area contributed by atoms with Crippen LogP contribution in [0.2, 0.25) is 0 Å².